The van der Waals surface area contributed by atoms with Crippen LogP contribution >= 0.6 is 11.3 Å². The Kier molecular flexibility index (Phi) is 4.92. The molecule has 0 aliphatic rings. The smallest absolute Gasteiger partial charge is 0.268 e. The number of aryl methyl sites for hydroxylation is 1. The molecule has 1 aromatic carbocycles. The van der Waals surface area contributed by atoms with Crippen LogP contribution in [-0.4, -0.2) is 29.0 Å². The van der Waals surface area contributed by atoms with E-state index in [1.54, 1.807) is 19.1 Å². The standard InChI is InChI=1S/C14H15NO5S3/c1-10-6-7-13(21-10)23(19,20)15-14(16)12-5-3-4-11(8-12)9-22(2,17)18/h3-8H,9H2,1-2H3,(H,15,16). The summed E-state index contributed by atoms with van der Waals surface area (Å²) >= 11 is 1.06. The highest BCUT2D eigenvalue weighted by Gasteiger charge is 2.20. The first-order valence-corrected chi connectivity index (χ1v) is 10.8. The molecule has 2 rings (SSSR count). The van der Waals surface area contributed by atoms with Crippen LogP contribution in [0.3, 0.4) is 0 Å². The zero-order chi connectivity index (χ0) is 17.3. The number of benzene rings is 1. The summed E-state index contributed by atoms with van der Waals surface area (Å²) in [6.45, 7) is 1.76. The number of sulfonamides is 1. The Balaban J connectivity index is 2.23. The molecule has 0 saturated carbocycles. The summed E-state index contributed by atoms with van der Waals surface area (Å²) in [5.41, 5.74) is 0.507. The molecule has 0 aliphatic heterocycles. The first-order chi connectivity index (χ1) is 10.6. The molecule has 0 fully saturated rings. The molecule has 0 radical (unpaired) electrons. The van der Waals surface area contributed by atoms with Crippen LogP contribution in [0.25, 0.3) is 0 Å². The molecule has 23 heavy (non-hydrogen) atoms. The summed E-state index contributed by atoms with van der Waals surface area (Å²) in [5.74, 6) is -1.02. The van der Waals surface area contributed by atoms with Crippen molar-refractivity contribution in [2.45, 2.75) is 16.9 Å². The lowest BCUT2D eigenvalue weighted by Crippen LogP contribution is -2.30. The van der Waals surface area contributed by atoms with Crippen molar-refractivity contribution >= 4 is 37.1 Å². The van der Waals surface area contributed by atoms with Gasteiger partial charge in [-0.25, -0.2) is 21.6 Å². The van der Waals surface area contributed by atoms with Gasteiger partial charge in [-0.15, -0.1) is 11.3 Å². The zero-order valence-corrected chi connectivity index (χ0v) is 14.9. The Morgan fingerprint density at radius 3 is 2.39 bits per heavy atom. The van der Waals surface area contributed by atoms with Crippen molar-refractivity contribution in [3.8, 4) is 0 Å². The van der Waals surface area contributed by atoms with Crippen LogP contribution in [0.1, 0.15) is 20.8 Å². The number of amides is 1. The minimum absolute atomic E-state index is 0.0515. The highest BCUT2D eigenvalue weighted by atomic mass is 32.2. The highest BCUT2D eigenvalue weighted by Crippen LogP contribution is 2.20. The second-order valence-electron chi connectivity index (χ2n) is 5.07. The fraction of sp³-hybridized carbons (Fsp3) is 0.214. The molecule has 2 aromatic rings. The zero-order valence-electron chi connectivity index (χ0n) is 12.4. The molecule has 0 bridgehead atoms. The van der Waals surface area contributed by atoms with Crippen LogP contribution in [0.2, 0.25) is 0 Å². The van der Waals surface area contributed by atoms with E-state index in [0.717, 1.165) is 22.5 Å². The van der Waals surface area contributed by atoms with Crippen molar-refractivity contribution in [2.75, 3.05) is 6.26 Å². The van der Waals surface area contributed by atoms with Crippen LogP contribution in [0.4, 0.5) is 0 Å². The van der Waals surface area contributed by atoms with E-state index in [1.807, 2.05) is 4.72 Å². The second-order valence-corrected chi connectivity index (χ2v) is 10.4. The SMILES string of the molecule is Cc1ccc(S(=O)(=O)NC(=O)c2cccc(CS(C)(=O)=O)c2)s1. The number of rotatable bonds is 5. The van der Waals surface area contributed by atoms with E-state index < -0.39 is 25.8 Å². The van der Waals surface area contributed by atoms with E-state index in [2.05, 4.69) is 0 Å². The molecule has 0 aliphatic carbocycles. The molecule has 1 N–H and O–H groups in total. The topological polar surface area (TPSA) is 97.4 Å². The number of carbonyl (C=O) groups is 1. The maximum Gasteiger partial charge on any atom is 0.273 e. The Bertz CT molecular complexity index is 942. The Morgan fingerprint density at radius 1 is 1.13 bits per heavy atom. The van der Waals surface area contributed by atoms with Crippen molar-refractivity contribution in [1.29, 1.82) is 0 Å². The van der Waals surface area contributed by atoms with Crippen LogP contribution in [0.5, 0.6) is 0 Å². The van der Waals surface area contributed by atoms with Crippen molar-refractivity contribution in [3.05, 3.63) is 52.4 Å². The summed E-state index contributed by atoms with van der Waals surface area (Å²) in [4.78, 5) is 12.9. The first kappa shape index (κ1) is 17.6. The lowest BCUT2D eigenvalue weighted by atomic mass is 10.1. The molecule has 0 saturated heterocycles. The van der Waals surface area contributed by atoms with E-state index in [4.69, 9.17) is 0 Å². The van der Waals surface area contributed by atoms with Gasteiger partial charge in [-0.1, -0.05) is 12.1 Å². The van der Waals surface area contributed by atoms with E-state index in [-0.39, 0.29) is 15.5 Å². The molecule has 0 unspecified atom stereocenters. The predicted molar refractivity (Wildman–Crippen MR) is 88.7 cm³/mol. The molecule has 1 aromatic heterocycles. The summed E-state index contributed by atoms with van der Waals surface area (Å²) < 4.78 is 48.9. The predicted octanol–water partition coefficient (Wildman–Crippen LogP) is 1.72. The average molecular weight is 373 g/mol. The number of thiophene rings is 1. The van der Waals surface area contributed by atoms with Gasteiger partial charge in [-0.05, 0) is 36.8 Å². The monoisotopic (exact) mass is 373 g/mol. The van der Waals surface area contributed by atoms with E-state index in [9.17, 15) is 21.6 Å². The van der Waals surface area contributed by atoms with Crippen molar-refractivity contribution in [3.63, 3.8) is 0 Å². The molecule has 9 heteroatoms. The normalized spacial score (nSPS) is 12.1. The van der Waals surface area contributed by atoms with Crippen LogP contribution in [0.15, 0.2) is 40.6 Å². The van der Waals surface area contributed by atoms with Gasteiger partial charge in [0.05, 0.1) is 5.75 Å². The molecule has 0 atom stereocenters. The van der Waals surface area contributed by atoms with Gasteiger partial charge >= 0.3 is 0 Å². The van der Waals surface area contributed by atoms with Crippen molar-refractivity contribution in [1.82, 2.24) is 4.72 Å². The van der Waals surface area contributed by atoms with Gasteiger partial charge in [-0.3, -0.25) is 4.79 Å². The van der Waals surface area contributed by atoms with E-state index >= 15 is 0 Å². The molecule has 1 heterocycles. The molecule has 0 spiro atoms. The van der Waals surface area contributed by atoms with Crippen LogP contribution in [-0.2, 0) is 25.6 Å². The largest absolute Gasteiger partial charge is 0.273 e. The minimum atomic E-state index is -3.93. The number of carbonyl (C=O) groups excluding carboxylic acids is 1. The third kappa shape index (κ3) is 4.88. The van der Waals surface area contributed by atoms with Crippen LogP contribution in [0, 0.1) is 6.92 Å². The highest BCUT2D eigenvalue weighted by molar-refractivity contribution is 7.92. The third-order valence-corrected chi connectivity index (χ3v) is 6.51. The average Bonchev–Trinajstić information content (AvgIpc) is 2.84. The van der Waals surface area contributed by atoms with Gasteiger partial charge in [0.25, 0.3) is 15.9 Å². The first-order valence-electron chi connectivity index (χ1n) is 6.47. The number of hydrogen-bond donors (Lipinski definition) is 1. The van der Waals surface area contributed by atoms with Gasteiger partial charge in [0.1, 0.15) is 4.21 Å². The Labute approximate surface area is 139 Å². The second kappa shape index (κ2) is 6.42. The van der Waals surface area contributed by atoms with Gasteiger partial charge in [0.15, 0.2) is 9.84 Å². The summed E-state index contributed by atoms with van der Waals surface area (Å²) in [5, 5.41) is 0. The molecule has 1 amide bonds. The fourth-order valence-corrected chi connectivity index (χ4v) is 4.94. The van der Waals surface area contributed by atoms with Crippen molar-refractivity contribution < 1.29 is 21.6 Å². The molecular weight excluding hydrogens is 358 g/mol. The minimum Gasteiger partial charge on any atom is -0.268 e. The maximum absolute atomic E-state index is 12.1. The van der Waals surface area contributed by atoms with Gasteiger partial charge in [0.2, 0.25) is 0 Å². The van der Waals surface area contributed by atoms with E-state index in [1.165, 1.54) is 24.3 Å². The molecule has 6 nitrogen and oxygen atoms in total. The van der Waals surface area contributed by atoms with E-state index in [0.29, 0.717) is 5.56 Å². The van der Waals surface area contributed by atoms with Gasteiger partial charge in [0, 0.05) is 16.7 Å². The lowest BCUT2D eigenvalue weighted by molar-refractivity contribution is 0.0981. The van der Waals surface area contributed by atoms with Gasteiger partial charge < -0.3 is 0 Å². The fourth-order valence-electron chi connectivity index (χ4n) is 1.89. The molecule has 124 valence electrons. The van der Waals surface area contributed by atoms with Crippen molar-refractivity contribution in [2.24, 2.45) is 0 Å². The summed E-state index contributed by atoms with van der Waals surface area (Å²) in [6.07, 6.45) is 1.09. The third-order valence-electron chi connectivity index (χ3n) is 2.83. The number of nitrogens with one attached hydrogen (secondary N) is 1. The quantitative estimate of drug-likeness (QED) is 0.861. The summed E-state index contributed by atoms with van der Waals surface area (Å²) in [6, 6.07) is 8.94. The number of hydrogen-bond acceptors (Lipinski definition) is 6. The lowest BCUT2D eigenvalue weighted by Gasteiger charge is -2.06. The molecular formula is C14H15NO5S3. The van der Waals surface area contributed by atoms with Crippen LogP contribution < -0.4 is 4.72 Å². The maximum atomic E-state index is 12.1. The summed E-state index contributed by atoms with van der Waals surface area (Å²) in [7, 11) is -7.18. The Hall–Kier alpha value is -1.71. The van der Waals surface area contributed by atoms with Gasteiger partial charge in [-0.2, -0.15) is 0 Å². The Morgan fingerprint density at radius 2 is 1.83 bits per heavy atom. The number of sulfone groups is 1.